The third kappa shape index (κ3) is 21.0. The molecule has 6 aliphatic heterocycles. The Bertz CT molecular complexity index is 6060. The number of methoxy groups -OCH3 is 5. The lowest BCUT2D eigenvalue weighted by Gasteiger charge is -2.54. The molecule has 4 unspecified atom stereocenters. The Labute approximate surface area is 824 Å². The first-order valence-corrected chi connectivity index (χ1v) is 49.0. The summed E-state index contributed by atoms with van der Waals surface area (Å²) in [7, 11) is 7.91. The van der Waals surface area contributed by atoms with Crippen molar-refractivity contribution in [2.75, 3.05) is 101 Å². The second-order valence-corrected chi connectivity index (χ2v) is 40.6. The molecule has 3 amide bonds. The second-order valence-electron chi connectivity index (χ2n) is 39.7. The maximum Gasteiger partial charge on any atom is 0.410 e. The minimum Gasteiger partial charge on any atom is -0.496 e. The molecule has 734 valence electrons. The SMILES string of the molecule is COc1ccc(C(=O)O)cc1-c1ccc(Br)cc1.COc1ccc(C(=O)O)cc1-c1ccc(C2(O)CCC23CCN(C(=O)OC(C)(C)C)C3)cc1.COc1ccc(C(=O)O)cc1-c1ccc(C2CCC23CCNC3)cc1.COc1ccc(C(=O)O)cc1-c1ccc([C@@H]2CC[C@@]23CCN(C(=O)[C@H]2CCCO2)C3)cc1.COc1ccc(C(=O)O)cc1-c1ccc([C@H]2CC[C@@]23CCN(C(=O)[C@H]2CCCO2)C3)cc1. The number of halogens is 1. The van der Waals surface area contributed by atoms with Crippen molar-refractivity contribution in [2.24, 2.45) is 21.7 Å². The van der Waals surface area contributed by atoms with Crippen molar-refractivity contribution in [3.63, 3.8) is 0 Å². The molecule has 10 aromatic carbocycles. The van der Waals surface area contributed by atoms with Crippen LogP contribution in [-0.2, 0) is 29.4 Å². The van der Waals surface area contributed by atoms with E-state index in [9.17, 15) is 63.9 Å². The van der Waals surface area contributed by atoms with E-state index in [2.05, 4.69) is 94.0 Å². The average Bonchev–Trinajstić information content (AvgIpc) is 1.68. The van der Waals surface area contributed by atoms with Gasteiger partial charge in [0.2, 0.25) is 0 Å². The highest BCUT2D eigenvalue weighted by Gasteiger charge is 2.63. The highest BCUT2D eigenvalue weighted by molar-refractivity contribution is 9.10. The van der Waals surface area contributed by atoms with Gasteiger partial charge < -0.3 is 88.6 Å². The predicted molar refractivity (Wildman–Crippen MR) is 534 cm³/mol. The summed E-state index contributed by atoms with van der Waals surface area (Å²) in [5.74, 6) is 0.339. The van der Waals surface area contributed by atoms with Crippen molar-refractivity contribution in [1.82, 2.24) is 20.0 Å². The molecule has 6 heterocycles. The number of rotatable bonds is 21. The molecule has 0 radical (unpaired) electrons. The van der Waals surface area contributed by atoms with Gasteiger partial charge in [-0.3, -0.25) is 9.59 Å². The first kappa shape index (κ1) is 100. The van der Waals surface area contributed by atoms with E-state index in [1.54, 1.807) is 119 Å². The van der Waals surface area contributed by atoms with Gasteiger partial charge in [-0.15, -0.1) is 0 Å². The Hall–Kier alpha value is -12.9. The number of aliphatic hydroxyl groups is 1. The second kappa shape index (κ2) is 42.2. The van der Waals surface area contributed by atoms with Crippen LogP contribution in [0.1, 0.15) is 215 Å². The predicted octanol–water partition coefficient (Wildman–Crippen LogP) is 21.1. The van der Waals surface area contributed by atoms with Crippen molar-refractivity contribution in [1.29, 1.82) is 0 Å². The van der Waals surface area contributed by atoms with E-state index in [-0.39, 0.29) is 74.2 Å². The molecule has 20 rings (SSSR count). The molecule has 4 aliphatic carbocycles. The Kier molecular flexibility index (Phi) is 30.2. The zero-order valence-electron chi connectivity index (χ0n) is 80.4. The van der Waals surface area contributed by atoms with Gasteiger partial charge in [0.1, 0.15) is 46.6 Å². The zero-order valence-corrected chi connectivity index (χ0v) is 82.0. The fourth-order valence-corrected chi connectivity index (χ4v) is 22.9. The fourth-order valence-electron chi connectivity index (χ4n) is 22.7. The van der Waals surface area contributed by atoms with Crippen LogP contribution >= 0.6 is 15.9 Å². The minimum absolute atomic E-state index is 0.172. The van der Waals surface area contributed by atoms with E-state index >= 15 is 0 Å². The molecular formula is C113H123BrN4O22. The normalized spacial score (nSPS) is 23.8. The summed E-state index contributed by atoms with van der Waals surface area (Å²) in [4.78, 5) is 100. The maximum absolute atomic E-state index is 12.8. The first-order chi connectivity index (χ1) is 67.2. The number of benzene rings is 10. The quantitative estimate of drug-likeness (QED) is 0.0351. The lowest BCUT2D eigenvalue weighted by molar-refractivity contribution is -0.168. The largest absolute Gasteiger partial charge is 0.496 e. The van der Waals surface area contributed by atoms with Crippen molar-refractivity contribution in [3.05, 3.63) is 267 Å². The molecule has 26 nitrogen and oxygen atoms in total. The molecule has 10 atom stereocenters. The van der Waals surface area contributed by atoms with Gasteiger partial charge in [-0.25, -0.2) is 28.8 Å². The van der Waals surface area contributed by atoms with E-state index in [1.165, 1.54) is 48.1 Å². The van der Waals surface area contributed by atoms with Crippen molar-refractivity contribution in [3.8, 4) is 84.4 Å². The lowest BCUT2D eigenvalue weighted by Crippen LogP contribution is -2.56. The van der Waals surface area contributed by atoms with Gasteiger partial charge in [0.05, 0.1) is 69.0 Å². The summed E-state index contributed by atoms with van der Waals surface area (Å²) in [6, 6.07) is 64.9. The molecule has 7 N–H and O–H groups in total. The van der Waals surface area contributed by atoms with Crippen molar-refractivity contribution < 1.29 is 107 Å². The average molecular weight is 1970 g/mol. The fraction of sp³-hybridized carbons (Fsp3) is 0.398. The Balaban J connectivity index is 0.000000128. The van der Waals surface area contributed by atoms with Gasteiger partial charge in [-0.05, 0) is 317 Å². The van der Waals surface area contributed by atoms with Gasteiger partial charge in [0.15, 0.2) is 0 Å². The van der Waals surface area contributed by atoms with E-state index in [0.29, 0.717) is 90.2 Å². The molecule has 0 aromatic heterocycles. The summed E-state index contributed by atoms with van der Waals surface area (Å²) in [6.45, 7) is 13.5. The van der Waals surface area contributed by atoms with Crippen LogP contribution < -0.4 is 29.0 Å². The molecule has 6 saturated heterocycles. The number of nitrogens with zero attached hydrogens (tertiary/aromatic N) is 3. The molecular weight excluding hydrogens is 1850 g/mol. The summed E-state index contributed by atoms with van der Waals surface area (Å²) >= 11 is 3.37. The number of aromatic carboxylic acids is 5. The molecule has 10 fully saturated rings. The number of ether oxygens (including phenoxy) is 8. The summed E-state index contributed by atoms with van der Waals surface area (Å²) < 4.78 is 44.7. The van der Waals surface area contributed by atoms with Crippen molar-refractivity contribution in [2.45, 2.75) is 165 Å². The summed E-state index contributed by atoms with van der Waals surface area (Å²) in [5.41, 5.74) is 13.2. The Morgan fingerprint density at radius 2 is 0.693 bits per heavy atom. The number of nitrogens with one attached hydrogen (secondary N) is 1. The van der Waals surface area contributed by atoms with Gasteiger partial charge in [0, 0.05) is 96.7 Å². The topological polar surface area (TPSA) is 354 Å². The Morgan fingerprint density at radius 1 is 0.371 bits per heavy atom. The highest BCUT2D eigenvalue weighted by Crippen LogP contribution is 2.63. The van der Waals surface area contributed by atoms with Crippen LogP contribution in [0.15, 0.2) is 217 Å². The summed E-state index contributed by atoms with van der Waals surface area (Å²) in [5, 5.41) is 61.5. The smallest absolute Gasteiger partial charge is 0.410 e. The van der Waals surface area contributed by atoms with Gasteiger partial charge >= 0.3 is 35.9 Å². The van der Waals surface area contributed by atoms with E-state index < -0.39 is 41.0 Å². The highest BCUT2D eigenvalue weighted by atomic mass is 79.9. The number of carbonyl (C=O) groups excluding carboxylic acids is 3. The molecule has 0 bridgehead atoms. The van der Waals surface area contributed by atoms with Gasteiger partial charge in [-0.1, -0.05) is 125 Å². The Morgan fingerprint density at radius 3 is 0.964 bits per heavy atom. The van der Waals surface area contributed by atoms with E-state index in [4.69, 9.17) is 43.0 Å². The zero-order chi connectivity index (χ0) is 99.2. The number of carboxylic acids is 5. The number of amides is 3. The number of carbonyl (C=O) groups is 8. The van der Waals surface area contributed by atoms with Crippen LogP contribution in [0.4, 0.5) is 4.79 Å². The third-order valence-corrected chi connectivity index (χ3v) is 31.4. The van der Waals surface area contributed by atoms with E-state index in [1.807, 2.05) is 79.1 Å². The van der Waals surface area contributed by atoms with Crippen LogP contribution in [0, 0.1) is 21.7 Å². The number of carboxylic acid groups (broad SMARTS) is 5. The van der Waals surface area contributed by atoms with Crippen LogP contribution in [0.2, 0.25) is 0 Å². The molecule has 10 aliphatic rings. The van der Waals surface area contributed by atoms with Gasteiger partial charge in [0.25, 0.3) is 11.8 Å². The lowest BCUT2D eigenvalue weighted by atomic mass is 9.53. The van der Waals surface area contributed by atoms with Crippen LogP contribution in [0.3, 0.4) is 0 Å². The molecule has 4 saturated carbocycles. The first-order valence-electron chi connectivity index (χ1n) is 48.2. The minimum atomic E-state index is -1.02. The molecule has 140 heavy (non-hydrogen) atoms. The molecule has 10 aromatic rings. The van der Waals surface area contributed by atoms with Crippen LogP contribution in [0.5, 0.6) is 28.7 Å². The maximum atomic E-state index is 12.8. The van der Waals surface area contributed by atoms with Crippen LogP contribution in [-0.4, -0.2) is 212 Å². The summed E-state index contributed by atoms with van der Waals surface area (Å²) in [6.07, 6.45) is 15.6. The number of hydrogen-bond acceptors (Lipinski definition) is 18. The van der Waals surface area contributed by atoms with Gasteiger partial charge in [-0.2, -0.15) is 0 Å². The monoisotopic (exact) mass is 1970 g/mol. The third-order valence-electron chi connectivity index (χ3n) is 30.9. The number of hydrogen-bond donors (Lipinski definition) is 7. The number of likely N-dealkylation sites (tertiary alicyclic amines) is 3. The van der Waals surface area contributed by atoms with Crippen molar-refractivity contribution >= 4 is 63.7 Å². The molecule has 27 heteroatoms. The van der Waals surface area contributed by atoms with E-state index in [0.717, 1.165) is 176 Å². The molecule has 4 spiro atoms. The van der Waals surface area contributed by atoms with Crippen LogP contribution in [0.25, 0.3) is 55.6 Å². The standard InChI is InChI=1S/C26H31NO6.2C26H29NO5.C21H23NO3.C14H11BrO3/c1-24(2,3)33-23(30)27-14-13-25(16-27)11-12-26(25,31)19-8-5-17(6-9-19)20-15-18(22(28)29)7-10-21(20)32-4;2*1-31-22-9-8-19(25(29)30)15-20(22)17-4-6-18(7-5-17)21-10-11-26(21)12-13-27(16-26)24(28)23-3-2-14-32-23;1-25-19-7-6-16(20(23)24)12-17(19)14-2-4-15(5-3-14)18-8-9-21(18)10-11-22-13-21;1-18-13-7-4-10(14(16)17)8-12(13)9-2-5-11(15)6-3-9/h5-10,15,31H,11-14,16H2,1-4H3,(H,28,29);2*4-9,15,21,23H,2-3,10-14,16H2,1H3,(H,29,30);2-7,12,18,22H,8-11,13H2,1H3,(H,23,24);2-8H,1H3,(H,16,17)/t;21-,23+,26-;21-,23-,26+;;/m.01../s1.